The Labute approximate surface area is 399 Å². The van der Waals surface area contributed by atoms with Crippen LogP contribution >= 0.6 is 0 Å². The molecule has 332 valence electrons. The summed E-state index contributed by atoms with van der Waals surface area (Å²) < 4.78 is 0. The van der Waals surface area contributed by atoms with Gasteiger partial charge in [0.15, 0.2) is 0 Å². The van der Waals surface area contributed by atoms with Gasteiger partial charge in [0.05, 0.1) is 11.4 Å². The Balaban J connectivity index is 1.25. The van der Waals surface area contributed by atoms with Gasteiger partial charge >= 0.3 is 0 Å². The highest BCUT2D eigenvalue weighted by atomic mass is 16.7. The van der Waals surface area contributed by atoms with Gasteiger partial charge in [-0.2, -0.15) is 0 Å². The molecule has 0 saturated carbocycles. The molecule has 67 heavy (non-hydrogen) atoms. The number of anilines is 5. The summed E-state index contributed by atoms with van der Waals surface area (Å²) in [6.07, 6.45) is 3.34. The van der Waals surface area contributed by atoms with E-state index in [1.54, 1.807) is 0 Å². The van der Waals surface area contributed by atoms with E-state index in [4.69, 9.17) is 11.4 Å². The van der Waals surface area contributed by atoms with Gasteiger partial charge in [0.2, 0.25) is 6.71 Å². The molecule has 0 unspecified atom stereocenters. The van der Waals surface area contributed by atoms with Gasteiger partial charge < -0.3 is 4.90 Å². The number of hydrogen-bond donors (Lipinski definition) is 0. The summed E-state index contributed by atoms with van der Waals surface area (Å²) in [7, 11) is 0. The van der Waals surface area contributed by atoms with E-state index in [-0.39, 0.29) is 17.5 Å². The molecule has 3 nitrogen and oxygen atoms in total. The molecule has 0 saturated heterocycles. The van der Waals surface area contributed by atoms with Gasteiger partial charge in [-0.15, -0.1) is 6.58 Å². The van der Waals surface area contributed by atoms with Gasteiger partial charge in [-0.3, -0.25) is 4.84 Å². The van der Waals surface area contributed by atoms with E-state index in [9.17, 15) is 0 Å². The molecule has 2 heterocycles. The number of rotatable bonds is 10. The number of nitrogens with zero attached hydrogens (tertiary/aromatic N) is 2. The van der Waals surface area contributed by atoms with Crippen molar-refractivity contribution in [2.45, 2.75) is 83.7 Å². The predicted octanol–water partition coefficient (Wildman–Crippen LogP) is 14.7. The fourth-order valence-electron chi connectivity index (χ4n) is 11.0. The summed E-state index contributed by atoms with van der Waals surface area (Å²) in [6.45, 7) is 18.6. The highest BCUT2D eigenvalue weighted by Gasteiger charge is 2.48. The van der Waals surface area contributed by atoms with Crippen LogP contribution in [0.3, 0.4) is 0 Å². The summed E-state index contributed by atoms with van der Waals surface area (Å²) in [4.78, 5) is 10.4. The first-order valence-electron chi connectivity index (χ1n) is 24.2. The third-order valence-electron chi connectivity index (χ3n) is 14.6. The molecule has 0 spiro atoms. The van der Waals surface area contributed by atoms with Crippen LogP contribution in [0.1, 0.15) is 92.0 Å². The zero-order valence-electron chi connectivity index (χ0n) is 40.0. The minimum Gasteiger partial charge on any atom is -0.311 e. The third kappa shape index (κ3) is 7.92. The Kier molecular flexibility index (Phi) is 11.6. The van der Waals surface area contributed by atoms with Crippen LogP contribution in [0.4, 0.5) is 28.4 Å². The van der Waals surface area contributed by atoms with Crippen LogP contribution in [-0.4, -0.2) is 6.71 Å². The topological polar surface area (TPSA) is 15.7 Å². The van der Waals surface area contributed by atoms with Crippen molar-refractivity contribution in [2.75, 3.05) is 9.96 Å². The standard InChI is InChI=1S/C63H61BN2O/c1-8-47-30-35-54(36-31-47)65-57-42-48(44-62(9-2,50-22-14-10-15-23-50)51-24-16-11-17-25-51)32-39-56(57)64-46(4)43-63(52-26-18-12-19-27-52,53-28-20-13-21-29-53)67-66(59-41-45(3)40-58(65)60(59)64)55-37-33-49(34-38-55)61(5,6)7/h10-42H,4,8-9,43-44H2,1-3,5-7H3. The first-order valence-corrected chi connectivity index (χ1v) is 24.2. The van der Waals surface area contributed by atoms with Crippen LogP contribution in [0, 0.1) is 6.92 Å². The fraction of sp³-hybridized carbons (Fsp3) is 0.206. The molecule has 0 atom stereocenters. The molecule has 8 aromatic carbocycles. The quantitative estimate of drug-likeness (QED) is 0.127. The summed E-state index contributed by atoms with van der Waals surface area (Å²) >= 11 is 0. The van der Waals surface area contributed by atoms with E-state index in [1.807, 2.05) is 0 Å². The second-order valence-electron chi connectivity index (χ2n) is 19.8. The lowest BCUT2D eigenvalue weighted by Crippen LogP contribution is -2.56. The molecule has 0 fully saturated rings. The molecule has 2 aliphatic rings. The van der Waals surface area contributed by atoms with Gasteiger partial charge in [-0.05, 0) is 129 Å². The molecule has 0 bridgehead atoms. The van der Waals surface area contributed by atoms with E-state index in [2.05, 4.69) is 252 Å². The maximum atomic E-state index is 7.87. The van der Waals surface area contributed by atoms with Crippen LogP contribution in [0.15, 0.2) is 212 Å². The molecule has 0 amide bonds. The van der Waals surface area contributed by atoms with Crippen molar-refractivity contribution in [3.05, 3.63) is 257 Å². The second kappa shape index (κ2) is 17.7. The van der Waals surface area contributed by atoms with Crippen molar-refractivity contribution in [3.8, 4) is 0 Å². The highest BCUT2D eigenvalue weighted by Crippen LogP contribution is 2.49. The molecule has 0 aromatic heterocycles. The monoisotopic (exact) mass is 872 g/mol. The second-order valence-corrected chi connectivity index (χ2v) is 19.8. The fourth-order valence-corrected chi connectivity index (χ4v) is 11.0. The van der Waals surface area contributed by atoms with E-state index in [0.29, 0.717) is 6.42 Å². The first kappa shape index (κ1) is 44.0. The van der Waals surface area contributed by atoms with Crippen molar-refractivity contribution in [2.24, 2.45) is 0 Å². The number of aryl methyl sites for hydroxylation is 2. The van der Waals surface area contributed by atoms with Crippen LogP contribution < -0.4 is 20.9 Å². The lowest BCUT2D eigenvalue weighted by atomic mass is 9.33. The van der Waals surface area contributed by atoms with Crippen molar-refractivity contribution in [1.82, 2.24) is 0 Å². The SMILES string of the molecule is C=C1CC(c2ccccc2)(c2ccccc2)ON(c2ccc(C(C)(C)C)cc2)c2cc(C)cc3c2B1c1ccc(CC(CC)(c2ccccc2)c2ccccc2)cc1N3c1ccc(CC)cc1. The molecule has 0 radical (unpaired) electrons. The zero-order chi connectivity index (χ0) is 46.3. The largest absolute Gasteiger partial charge is 0.311 e. The van der Waals surface area contributed by atoms with E-state index in [0.717, 1.165) is 64.2 Å². The Hall–Kier alpha value is -6.88. The van der Waals surface area contributed by atoms with Crippen LogP contribution in [-0.2, 0) is 34.1 Å². The Morgan fingerprint density at radius 1 is 0.567 bits per heavy atom. The van der Waals surface area contributed by atoms with Crippen LogP contribution in [0.25, 0.3) is 0 Å². The normalized spacial score (nSPS) is 14.5. The average Bonchev–Trinajstić information content (AvgIpc) is 3.36. The summed E-state index contributed by atoms with van der Waals surface area (Å²) in [5.74, 6) is 0. The van der Waals surface area contributed by atoms with Gasteiger partial charge in [0.1, 0.15) is 5.60 Å². The summed E-state index contributed by atoms with van der Waals surface area (Å²) in [5.41, 5.74) is 17.7. The van der Waals surface area contributed by atoms with Crippen molar-refractivity contribution < 1.29 is 4.84 Å². The Morgan fingerprint density at radius 3 is 1.63 bits per heavy atom. The third-order valence-corrected chi connectivity index (χ3v) is 14.6. The Morgan fingerprint density at radius 2 is 1.09 bits per heavy atom. The minimum absolute atomic E-state index is 0.00576. The molecule has 2 aliphatic heterocycles. The average molecular weight is 873 g/mol. The number of benzene rings is 8. The number of fused-ring (bicyclic) bond motifs is 2. The lowest BCUT2D eigenvalue weighted by molar-refractivity contribution is -0.0181. The molecule has 0 N–H and O–H groups in total. The van der Waals surface area contributed by atoms with Crippen LogP contribution in [0.5, 0.6) is 0 Å². The molecule has 4 heteroatoms. The Bertz CT molecular complexity index is 2930. The molecular weight excluding hydrogens is 812 g/mol. The maximum absolute atomic E-state index is 7.87. The summed E-state index contributed by atoms with van der Waals surface area (Å²) in [5, 5.41) is 2.16. The van der Waals surface area contributed by atoms with Crippen molar-refractivity contribution >= 4 is 46.1 Å². The maximum Gasteiger partial charge on any atom is 0.245 e. The van der Waals surface area contributed by atoms with E-state index < -0.39 is 5.60 Å². The van der Waals surface area contributed by atoms with E-state index >= 15 is 0 Å². The molecule has 8 aromatic rings. The van der Waals surface area contributed by atoms with Crippen molar-refractivity contribution in [3.63, 3.8) is 0 Å². The van der Waals surface area contributed by atoms with Gasteiger partial charge in [-0.1, -0.05) is 198 Å². The number of hydrogen-bond acceptors (Lipinski definition) is 3. The minimum atomic E-state index is -0.913. The smallest absolute Gasteiger partial charge is 0.245 e. The predicted molar refractivity (Wildman–Crippen MR) is 284 cm³/mol. The first-order chi connectivity index (χ1) is 32.5. The van der Waals surface area contributed by atoms with Gasteiger partial charge in [0.25, 0.3) is 0 Å². The molecule has 10 rings (SSSR count). The molecular formula is C63H61BN2O. The van der Waals surface area contributed by atoms with Crippen molar-refractivity contribution in [1.29, 1.82) is 0 Å². The van der Waals surface area contributed by atoms with E-state index in [1.165, 1.54) is 44.4 Å². The van der Waals surface area contributed by atoms with Crippen LogP contribution in [0.2, 0.25) is 0 Å². The lowest BCUT2D eigenvalue weighted by Gasteiger charge is -2.47. The summed E-state index contributed by atoms with van der Waals surface area (Å²) in [6, 6.07) is 74.0. The molecule has 0 aliphatic carbocycles. The van der Waals surface area contributed by atoms with Gasteiger partial charge in [-0.25, -0.2) is 5.06 Å². The highest BCUT2D eigenvalue weighted by molar-refractivity contribution is 6.94. The van der Waals surface area contributed by atoms with Gasteiger partial charge in [0, 0.05) is 28.9 Å². The zero-order valence-corrected chi connectivity index (χ0v) is 40.0.